The van der Waals surface area contributed by atoms with E-state index in [9.17, 15) is 13.2 Å². The summed E-state index contributed by atoms with van der Waals surface area (Å²) in [5.41, 5.74) is 1.99. The number of aromatic nitrogens is 3. The summed E-state index contributed by atoms with van der Waals surface area (Å²) < 4.78 is 32.5. The molecule has 1 N–H and O–H groups in total. The number of carbonyl (C=O) groups excluding carboxylic acids is 1. The summed E-state index contributed by atoms with van der Waals surface area (Å²) in [6.07, 6.45) is 0.560. The lowest BCUT2D eigenvalue weighted by Crippen LogP contribution is -2.37. The van der Waals surface area contributed by atoms with Crippen LogP contribution >= 0.6 is 0 Å². The molecule has 9 nitrogen and oxygen atoms in total. The van der Waals surface area contributed by atoms with Gasteiger partial charge in [0.25, 0.3) is 5.91 Å². The molecule has 0 saturated carbocycles. The molecular weight excluding hydrogens is 358 g/mol. The Hall–Kier alpha value is -2.20. The number of H-pyrrole nitrogens is 1. The monoisotopic (exact) mass is 381 g/mol. The van der Waals surface area contributed by atoms with Crippen molar-refractivity contribution in [2.45, 2.75) is 39.0 Å². The molecule has 2 aromatic rings. The predicted octanol–water partition coefficient (Wildman–Crippen LogP) is 1.17. The van der Waals surface area contributed by atoms with E-state index in [0.717, 1.165) is 0 Å². The average Bonchev–Trinajstić information content (AvgIpc) is 2.97. The molecule has 0 aromatic carbocycles. The third-order valence-corrected chi connectivity index (χ3v) is 6.81. The molecule has 142 valence electrons. The van der Waals surface area contributed by atoms with Crippen molar-refractivity contribution >= 4 is 15.9 Å². The van der Waals surface area contributed by atoms with Crippen LogP contribution in [0.4, 0.5) is 0 Å². The van der Waals surface area contributed by atoms with Crippen LogP contribution in [0, 0.1) is 27.7 Å². The van der Waals surface area contributed by atoms with Gasteiger partial charge in [-0.05, 0) is 34.1 Å². The first-order valence-electron chi connectivity index (χ1n) is 8.47. The van der Waals surface area contributed by atoms with Crippen molar-refractivity contribution in [2.24, 2.45) is 0 Å². The molecule has 0 spiro atoms. The van der Waals surface area contributed by atoms with Crippen LogP contribution in [0.15, 0.2) is 9.42 Å². The van der Waals surface area contributed by atoms with Crippen molar-refractivity contribution in [1.29, 1.82) is 0 Å². The van der Waals surface area contributed by atoms with Gasteiger partial charge in [0.15, 0.2) is 0 Å². The normalized spacial score (nSPS) is 16.7. The van der Waals surface area contributed by atoms with Gasteiger partial charge in [-0.2, -0.15) is 9.40 Å². The summed E-state index contributed by atoms with van der Waals surface area (Å²) in [6, 6.07) is 0. The minimum atomic E-state index is -3.65. The number of carbonyl (C=O) groups is 1. The smallest absolute Gasteiger partial charge is 0.259 e. The molecule has 10 heteroatoms. The van der Waals surface area contributed by atoms with Gasteiger partial charge < -0.3 is 9.42 Å². The van der Waals surface area contributed by atoms with E-state index in [0.29, 0.717) is 54.5 Å². The molecule has 1 aliphatic heterocycles. The Labute approximate surface area is 152 Å². The van der Waals surface area contributed by atoms with Crippen molar-refractivity contribution in [3.8, 4) is 0 Å². The molecule has 0 unspecified atom stereocenters. The number of aromatic amines is 1. The number of nitrogens with zero attached hydrogens (tertiary/aromatic N) is 4. The second-order valence-electron chi connectivity index (χ2n) is 6.51. The Bertz CT molecular complexity index is 892. The minimum absolute atomic E-state index is 0.170. The Morgan fingerprint density at radius 3 is 2.38 bits per heavy atom. The molecule has 2 aromatic heterocycles. The maximum absolute atomic E-state index is 13.0. The van der Waals surface area contributed by atoms with Crippen molar-refractivity contribution in [1.82, 2.24) is 24.6 Å². The molecule has 0 aliphatic carbocycles. The van der Waals surface area contributed by atoms with E-state index < -0.39 is 10.0 Å². The molecular formula is C16H23N5O4S. The van der Waals surface area contributed by atoms with Crippen molar-refractivity contribution < 1.29 is 17.7 Å². The second-order valence-corrected chi connectivity index (χ2v) is 8.39. The third kappa shape index (κ3) is 3.14. The highest BCUT2D eigenvalue weighted by Gasteiger charge is 2.33. The zero-order valence-electron chi connectivity index (χ0n) is 15.4. The summed E-state index contributed by atoms with van der Waals surface area (Å²) >= 11 is 0. The van der Waals surface area contributed by atoms with Crippen LogP contribution in [0.2, 0.25) is 0 Å². The lowest BCUT2D eigenvalue weighted by molar-refractivity contribution is 0.0762. The van der Waals surface area contributed by atoms with Gasteiger partial charge in [-0.15, -0.1) is 0 Å². The lowest BCUT2D eigenvalue weighted by Gasteiger charge is -2.22. The van der Waals surface area contributed by atoms with Gasteiger partial charge in [-0.1, -0.05) is 5.16 Å². The maximum Gasteiger partial charge on any atom is 0.259 e. The van der Waals surface area contributed by atoms with Crippen LogP contribution in [0.25, 0.3) is 0 Å². The number of rotatable bonds is 3. The summed E-state index contributed by atoms with van der Waals surface area (Å²) in [7, 11) is -3.65. The SMILES string of the molecule is Cc1noc(C)c1C(=O)N1CCCN(S(=O)(=O)c2c(C)n[nH]c2C)CC1. The highest BCUT2D eigenvalue weighted by molar-refractivity contribution is 7.89. The molecule has 0 atom stereocenters. The lowest BCUT2D eigenvalue weighted by atomic mass is 10.1. The largest absolute Gasteiger partial charge is 0.361 e. The van der Waals surface area contributed by atoms with Crippen molar-refractivity contribution in [3.63, 3.8) is 0 Å². The first-order valence-corrected chi connectivity index (χ1v) is 9.91. The summed E-state index contributed by atoms with van der Waals surface area (Å²) in [5, 5.41) is 10.5. The standard InChI is InChI=1S/C16H23N5O4S/c1-10-14(13(4)25-19-10)16(22)20-6-5-7-21(9-8-20)26(23,24)15-11(2)17-18-12(15)3/h5-9H2,1-4H3,(H,17,18). The molecule has 3 rings (SSSR count). The van der Waals surface area contributed by atoms with E-state index in [1.54, 1.807) is 32.6 Å². The molecule has 26 heavy (non-hydrogen) atoms. The van der Waals surface area contributed by atoms with Gasteiger partial charge in [-0.25, -0.2) is 8.42 Å². The van der Waals surface area contributed by atoms with E-state index in [2.05, 4.69) is 15.4 Å². The molecule has 0 bridgehead atoms. The maximum atomic E-state index is 13.0. The van der Waals surface area contributed by atoms with Gasteiger partial charge in [-0.3, -0.25) is 9.89 Å². The van der Waals surface area contributed by atoms with Gasteiger partial charge >= 0.3 is 0 Å². The summed E-state index contributed by atoms with van der Waals surface area (Å²) in [5.74, 6) is 0.307. The number of nitrogens with one attached hydrogen (secondary N) is 1. The van der Waals surface area contributed by atoms with Gasteiger partial charge in [0.1, 0.15) is 16.2 Å². The van der Waals surface area contributed by atoms with E-state index in [-0.39, 0.29) is 17.3 Å². The highest BCUT2D eigenvalue weighted by atomic mass is 32.2. The van der Waals surface area contributed by atoms with E-state index in [1.807, 2.05) is 0 Å². The Kier molecular flexibility index (Phi) is 4.89. The van der Waals surface area contributed by atoms with Crippen LogP contribution < -0.4 is 0 Å². The second kappa shape index (κ2) is 6.84. The van der Waals surface area contributed by atoms with Crippen LogP contribution in [0.1, 0.15) is 39.6 Å². The number of sulfonamides is 1. The van der Waals surface area contributed by atoms with E-state index in [4.69, 9.17) is 4.52 Å². The van der Waals surface area contributed by atoms with Crippen LogP contribution in [-0.4, -0.2) is 65.1 Å². The minimum Gasteiger partial charge on any atom is -0.361 e. The van der Waals surface area contributed by atoms with Crippen LogP contribution in [-0.2, 0) is 10.0 Å². The first kappa shape index (κ1) is 18.6. The zero-order valence-corrected chi connectivity index (χ0v) is 16.2. The Morgan fingerprint density at radius 2 is 1.81 bits per heavy atom. The van der Waals surface area contributed by atoms with Gasteiger partial charge in [0, 0.05) is 26.2 Å². The molecule has 1 saturated heterocycles. The van der Waals surface area contributed by atoms with Crippen LogP contribution in [0.5, 0.6) is 0 Å². The highest BCUT2D eigenvalue weighted by Crippen LogP contribution is 2.23. The molecule has 1 amide bonds. The Balaban J connectivity index is 1.80. The number of aryl methyl sites for hydroxylation is 4. The number of amides is 1. The quantitative estimate of drug-likeness (QED) is 0.854. The molecule has 0 radical (unpaired) electrons. The molecule has 1 fully saturated rings. The zero-order chi connectivity index (χ0) is 19.1. The molecule has 3 heterocycles. The van der Waals surface area contributed by atoms with Gasteiger partial charge in [0.2, 0.25) is 10.0 Å². The summed E-state index contributed by atoms with van der Waals surface area (Å²) in [6.45, 7) is 8.18. The Morgan fingerprint density at radius 1 is 1.08 bits per heavy atom. The van der Waals surface area contributed by atoms with Gasteiger partial charge in [0.05, 0.1) is 17.1 Å². The first-order chi connectivity index (χ1) is 12.2. The number of hydrogen-bond acceptors (Lipinski definition) is 6. The fourth-order valence-corrected chi connectivity index (χ4v) is 5.13. The predicted molar refractivity (Wildman–Crippen MR) is 93.3 cm³/mol. The van der Waals surface area contributed by atoms with E-state index in [1.165, 1.54) is 4.31 Å². The summed E-state index contributed by atoms with van der Waals surface area (Å²) in [4.78, 5) is 14.7. The van der Waals surface area contributed by atoms with Crippen LogP contribution in [0.3, 0.4) is 0 Å². The number of hydrogen-bond donors (Lipinski definition) is 1. The third-order valence-electron chi connectivity index (χ3n) is 4.65. The molecule has 1 aliphatic rings. The van der Waals surface area contributed by atoms with E-state index >= 15 is 0 Å². The van der Waals surface area contributed by atoms with Crippen molar-refractivity contribution in [3.05, 3.63) is 28.4 Å². The average molecular weight is 381 g/mol. The van der Waals surface area contributed by atoms with Crippen molar-refractivity contribution in [2.75, 3.05) is 26.2 Å². The fraction of sp³-hybridized carbons (Fsp3) is 0.562. The topological polar surface area (TPSA) is 112 Å². The fourth-order valence-electron chi connectivity index (χ4n) is 3.33.